The first-order valence-electron chi connectivity index (χ1n) is 3.20. The number of furan rings is 1. The van der Waals surface area contributed by atoms with Crippen LogP contribution in [0.25, 0.3) is 0 Å². The Morgan fingerprint density at radius 2 is 2.40 bits per heavy atom. The molecule has 1 heterocycles. The van der Waals surface area contributed by atoms with Crippen LogP contribution in [0.5, 0.6) is 0 Å². The summed E-state index contributed by atoms with van der Waals surface area (Å²) in [4.78, 5) is 9.38. The van der Waals surface area contributed by atoms with Crippen LogP contribution in [0.3, 0.4) is 0 Å². The Hall–Kier alpha value is -0.800. The van der Waals surface area contributed by atoms with Crippen molar-refractivity contribution >= 4 is 0 Å². The molecular formula is C7H10O3. The zero-order valence-corrected chi connectivity index (χ0v) is 5.87. The maximum Gasteiger partial charge on any atom is 0.140 e. The van der Waals surface area contributed by atoms with Crippen LogP contribution in [-0.4, -0.2) is 6.61 Å². The molecular weight excluding hydrogens is 132 g/mol. The molecule has 1 rings (SSSR count). The van der Waals surface area contributed by atoms with Crippen LogP contribution >= 0.6 is 0 Å². The molecule has 1 aromatic heterocycles. The second kappa shape index (κ2) is 4.09. The molecule has 0 aliphatic heterocycles. The summed E-state index contributed by atoms with van der Waals surface area (Å²) in [6, 6.07) is 3.64. The molecule has 0 aliphatic carbocycles. The van der Waals surface area contributed by atoms with E-state index in [1.54, 1.807) is 6.26 Å². The average Bonchev–Trinajstić information content (AvgIpc) is 2.41. The third-order valence-electron chi connectivity index (χ3n) is 0.982. The van der Waals surface area contributed by atoms with Crippen molar-refractivity contribution < 1.29 is 14.2 Å². The molecule has 0 N–H and O–H groups in total. The fraction of sp³-hybridized carbons (Fsp3) is 0.429. The van der Waals surface area contributed by atoms with Gasteiger partial charge >= 0.3 is 0 Å². The van der Waals surface area contributed by atoms with E-state index in [0.717, 1.165) is 5.76 Å². The summed E-state index contributed by atoms with van der Waals surface area (Å²) in [6.45, 7) is 2.80. The summed E-state index contributed by atoms with van der Waals surface area (Å²) in [5.41, 5.74) is 0. The molecule has 0 atom stereocenters. The smallest absolute Gasteiger partial charge is 0.140 e. The third-order valence-corrected chi connectivity index (χ3v) is 0.982. The van der Waals surface area contributed by atoms with Gasteiger partial charge in [0.1, 0.15) is 12.4 Å². The number of hydrogen-bond donors (Lipinski definition) is 0. The van der Waals surface area contributed by atoms with Gasteiger partial charge in [-0.05, 0) is 19.1 Å². The monoisotopic (exact) mass is 142 g/mol. The van der Waals surface area contributed by atoms with Crippen LogP contribution in [-0.2, 0) is 16.4 Å². The third kappa shape index (κ3) is 2.21. The van der Waals surface area contributed by atoms with Crippen molar-refractivity contribution in [2.24, 2.45) is 0 Å². The minimum absolute atomic E-state index is 0.376. The van der Waals surface area contributed by atoms with Crippen LogP contribution in [0, 0.1) is 0 Å². The van der Waals surface area contributed by atoms with Gasteiger partial charge in [0.05, 0.1) is 12.9 Å². The molecule has 0 aromatic carbocycles. The second-order valence-electron chi connectivity index (χ2n) is 1.75. The molecule has 0 spiro atoms. The van der Waals surface area contributed by atoms with E-state index in [2.05, 4.69) is 4.89 Å². The normalized spacial score (nSPS) is 10.1. The highest BCUT2D eigenvalue weighted by Gasteiger charge is 1.93. The van der Waals surface area contributed by atoms with Crippen LogP contribution < -0.4 is 0 Å². The summed E-state index contributed by atoms with van der Waals surface area (Å²) < 4.78 is 4.98. The fourth-order valence-electron chi connectivity index (χ4n) is 0.578. The summed E-state index contributed by atoms with van der Waals surface area (Å²) >= 11 is 0. The van der Waals surface area contributed by atoms with Crippen LogP contribution in [0.2, 0.25) is 0 Å². The molecule has 56 valence electrons. The number of rotatable bonds is 4. The van der Waals surface area contributed by atoms with Crippen molar-refractivity contribution in [2.75, 3.05) is 6.61 Å². The van der Waals surface area contributed by atoms with Gasteiger partial charge in [-0.1, -0.05) is 0 Å². The van der Waals surface area contributed by atoms with E-state index in [9.17, 15) is 0 Å². The highest BCUT2D eigenvalue weighted by Crippen LogP contribution is 2.01. The Bertz CT molecular complexity index is 157. The quantitative estimate of drug-likeness (QED) is 0.364. The highest BCUT2D eigenvalue weighted by molar-refractivity contribution is 4.95. The van der Waals surface area contributed by atoms with Crippen LogP contribution in [0.15, 0.2) is 22.8 Å². The average molecular weight is 142 g/mol. The second-order valence-corrected chi connectivity index (χ2v) is 1.75. The molecule has 0 bridgehead atoms. The summed E-state index contributed by atoms with van der Waals surface area (Å²) in [7, 11) is 0. The van der Waals surface area contributed by atoms with Crippen molar-refractivity contribution in [1.82, 2.24) is 0 Å². The summed E-state index contributed by atoms with van der Waals surface area (Å²) in [5, 5.41) is 0. The van der Waals surface area contributed by atoms with E-state index >= 15 is 0 Å². The standard InChI is InChI=1S/C7H10O3/c1-2-9-10-6-7-4-3-5-8-7/h3-5H,2,6H2,1H3. The lowest BCUT2D eigenvalue weighted by molar-refractivity contribution is -0.303. The predicted octanol–water partition coefficient (Wildman–Crippen LogP) is 1.75. The fourth-order valence-corrected chi connectivity index (χ4v) is 0.578. The van der Waals surface area contributed by atoms with Gasteiger partial charge in [-0.3, -0.25) is 0 Å². The number of hydrogen-bond acceptors (Lipinski definition) is 3. The molecule has 1 aromatic rings. The van der Waals surface area contributed by atoms with Gasteiger partial charge in [0.25, 0.3) is 0 Å². The van der Waals surface area contributed by atoms with E-state index in [4.69, 9.17) is 9.30 Å². The SMILES string of the molecule is CCOOCc1ccco1. The van der Waals surface area contributed by atoms with Crippen molar-refractivity contribution in [3.05, 3.63) is 24.2 Å². The summed E-state index contributed by atoms with van der Waals surface area (Å²) in [6.07, 6.45) is 1.60. The molecule has 0 saturated heterocycles. The van der Waals surface area contributed by atoms with E-state index in [1.165, 1.54) is 0 Å². The van der Waals surface area contributed by atoms with E-state index in [1.807, 2.05) is 19.1 Å². The molecule has 10 heavy (non-hydrogen) atoms. The minimum Gasteiger partial charge on any atom is -0.467 e. The maximum atomic E-state index is 4.98. The lowest BCUT2D eigenvalue weighted by atomic mass is 10.5. The minimum atomic E-state index is 0.376. The molecule has 0 amide bonds. The zero-order valence-electron chi connectivity index (χ0n) is 5.87. The van der Waals surface area contributed by atoms with E-state index in [-0.39, 0.29) is 0 Å². The first-order chi connectivity index (χ1) is 4.93. The van der Waals surface area contributed by atoms with Gasteiger partial charge < -0.3 is 4.42 Å². The predicted molar refractivity (Wildman–Crippen MR) is 35.1 cm³/mol. The molecule has 0 unspecified atom stereocenters. The van der Waals surface area contributed by atoms with E-state index in [0.29, 0.717) is 13.2 Å². The van der Waals surface area contributed by atoms with Gasteiger partial charge in [-0.15, -0.1) is 0 Å². The van der Waals surface area contributed by atoms with Crippen molar-refractivity contribution in [1.29, 1.82) is 0 Å². The Morgan fingerprint density at radius 3 is 3.00 bits per heavy atom. The van der Waals surface area contributed by atoms with Gasteiger partial charge in [0.15, 0.2) is 0 Å². The Morgan fingerprint density at radius 1 is 1.50 bits per heavy atom. The van der Waals surface area contributed by atoms with Crippen LogP contribution in [0.1, 0.15) is 12.7 Å². The maximum absolute atomic E-state index is 4.98. The highest BCUT2D eigenvalue weighted by atomic mass is 17.2. The van der Waals surface area contributed by atoms with Gasteiger partial charge in [-0.25, -0.2) is 9.78 Å². The zero-order chi connectivity index (χ0) is 7.23. The van der Waals surface area contributed by atoms with Gasteiger partial charge in [0.2, 0.25) is 0 Å². The molecule has 3 nitrogen and oxygen atoms in total. The molecule has 0 aliphatic rings. The topological polar surface area (TPSA) is 31.6 Å². The first kappa shape index (κ1) is 7.31. The molecule has 3 heteroatoms. The van der Waals surface area contributed by atoms with E-state index < -0.39 is 0 Å². The van der Waals surface area contributed by atoms with Crippen molar-refractivity contribution in [2.45, 2.75) is 13.5 Å². The van der Waals surface area contributed by atoms with Crippen LogP contribution in [0.4, 0.5) is 0 Å². The lowest BCUT2D eigenvalue weighted by Gasteiger charge is -1.96. The van der Waals surface area contributed by atoms with Gasteiger partial charge in [-0.2, -0.15) is 0 Å². The molecule has 0 fully saturated rings. The Kier molecular flexibility index (Phi) is 2.99. The Balaban J connectivity index is 2.15. The largest absolute Gasteiger partial charge is 0.467 e. The first-order valence-corrected chi connectivity index (χ1v) is 3.20. The Labute approximate surface area is 59.5 Å². The lowest BCUT2D eigenvalue weighted by Crippen LogP contribution is -1.92. The molecule has 0 radical (unpaired) electrons. The van der Waals surface area contributed by atoms with Crippen molar-refractivity contribution in [3.8, 4) is 0 Å². The van der Waals surface area contributed by atoms with Gasteiger partial charge in [0, 0.05) is 0 Å². The van der Waals surface area contributed by atoms with Crippen molar-refractivity contribution in [3.63, 3.8) is 0 Å². The summed E-state index contributed by atoms with van der Waals surface area (Å²) in [5.74, 6) is 0.772. The molecule has 0 saturated carbocycles.